The number of unbranched alkanes of at least 4 members (excludes halogenated alkanes) is 15. The molecule has 0 spiro atoms. The number of hydrogen-bond donors (Lipinski definition) is 0. The Morgan fingerprint density at radius 3 is 0.971 bits per heavy atom. The van der Waals surface area contributed by atoms with Crippen molar-refractivity contribution in [2.75, 3.05) is 13.2 Å². The summed E-state index contributed by atoms with van der Waals surface area (Å²) in [5.74, 6) is -1.07. The number of carbonyl (C=O) groups is 3. The quantitative estimate of drug-likeness (QED) is 0.0262. The van der Waals surface area contributed by atoms with E-state index in [2.05, 4.69) is 154 Å². The van der Waals surface area contributed by atoms with Gasteiger partial charge < -0.3 is 14.2 Å². The summed E-state index contributed by atoms with van der Waals surface area (Å²) < 4.78 is 16.7. The van der Waals surface area contributed by atoms with Gasteiger partial charge in [-0.05, 0) is 128 Å². The van der Waals surface area contributed by atoms with Crippen LogP contribution in [-0.2, 0) is 28.6 Å². The Kier molecular flexibility index (Phi) is 52.5. The zero-order chi connectivity index (χ0) is 50.0. The molecule has 0 saturated heterocycles. The zero-order valence-corrected chi connectivity index (χ0v) is 44.3. The second-order valence-electron chi connectivity index (χ2n) is 17.7. The van der Waals surface area contributed by atoms with Crippen molar-refractivity contribution in [2.45, 2.75) is 232 Å². The minimum Gasteiger partial charge on any atom is -0.462 e. The lowest BCUT2D eigenvalue weighted by molar-refractivity contribution is -0.167. The van der Waals surface area contributed by atoms with Crippen molar-refractivity contribution in [2.24, 2.45) is 0 Å². The van der Waals surface area contributed by atoms with Gasteiger partial charge in [0.05, 0.1) is 0 Å². The molecule has 6 nitrogen and oxygen atoms in total. The number of allylic oxidation sites excluding steroid dienone is 22. The fraction of sp³-hybridized carbons (Fsp3) is 0.603. The van der Waals surface area contributed by atoms with E-state index in [1.165, 1.54) is 70.6 Å². The van der Waals surface area contributed by atoms with Gasteiger partial charge in [-0.25, -0.2) is 0 Å². The Labute approximate surface area is 424 Å². The molecule has 0 aliphatic carbocycles. The Bertz CT molecular complexity index is 1510. The molecule has 0 radical (unpaired) electrons. The molecule has 0 rings (SSSR count). The highest BCUT2D eigenvalue weighted by atomic mass is 16.6. The Balaban J connectivity index is 4.62. The van der Waals surface area contributed by atoms with E-state index < -0.39 is 6.10 Å². The van der Waals surface area contributed by atoms with Gasteiger partial charge in [-0.3, -0.25) is 14.4 Å². The lowest BCUT2D eigenvalue weighted by Gasteiger charge is -2.18. The molecule has 0 saturated carbocycles. The maximum atomic E-state index is 12.8. The van der Waals surface area contributed by atoms with Crippen LogP contribution in [0.2, 0.25) is 0 Å². The fourth-order valence-corrected chi connectivity index (χ4v) is 6.97. The van der Waals surface area contributed by atoms with Gasteiger partial charge in [-0.15, -0.1) is 0 Å². The maximum Gasteiger partial charge on any atom is 0.306 e. The van der Waals surface area contributed by atoms with Crippen molar-refractivity contribution in [3.8, 4) is 0 Å². The molecule has 0 fully saturated rings. The molecule has 0 aliphatic rings. The van der Waals surface area contributed by atoms with Gasteiger partial charge >= 0.3 is 17.9 Å². The van der Waals surface area contributed by atoms with E-state index in [4.69, 9.17) is 14.2 Å². The van der Waals surface area contributed by atoms with E-state index >= 15 is 0 Å². The maximum absolute atomic E-state index is 12.8. The van der Waals surface area contributed by atoms with Gasteiger partial charge in [0.25, 0.3) is 0 Å². The number of esters is 3. The van der Waals surface area contributed by atoms with Gasteiger partial charge in [0.1, 0.15) is 13.2 Å². The van der Waals surface area contributed by atoms with Crippen molar-refractivity contribution in [1.82, 2.24) is 0 Å². The second-order valence-corrected chi connectivity index (χ2v) is 17.7. The smallest absolute Gasteiger partial charge is 0.306 e. The molecule has 0 aromatic carbocycles. The Hall–Kier alpha value is -4.45. The molecular formula is C63H100O6. The highest BCUT2D eigenvalue weighted by Gasteiger charge is 2.19. The normalized spacial score (nSPS) is 13.1. The van der Waals surface area contributed by atoms with Gasteiger partial charge in [-0.1, -0.05) is 212 Å². The molecule has 6 heteroatoms. The number of hydrogen-bond acceptors (Lipinski definition) is 6. The summed E-state index contributed by atoms with van der Waals surface area (Å²) in [6.45, 7) is 6.36. The molecular weight excluding hydrogens is 853 g/mol. The van der Waals surface area contributed by atoms with Crippen LogP contribution in [0.15, 0.2) is 134 Å². The van der Waals surface area contributed by atoms with E-state index in [9.17, 15) is 14.4 Å². The first-order valence-corrected chi connectivity index (χ1v) is 27.7. The summed E-state index contributed by atoms with van der Waals surface area (Å²) in [6.07, 6.45) is 78.7. The van der Waals surface area contributed by atoms with Crippen LogP contribution in [0, 0.1) is 0 Å². The molecule has 0 unspecified atom stereocenters. The van der Waals surface area contributed by atoms with Crippen molar-refractivity contribution in [3.63, 3.8) is 0 Å². The predicted molar refractivity (Wildman–Crippen MR) is 297 cm³/mol. The average Bonchev–Trinajstić information content (AvgIpc) is 3.35. The van der Waals surface area contributed by atoms with Gasteiger partial charge in [0.15, 0.2) is 6.10 Å². The lowest BCUT2D eigenvalue weighted by Crippen LogP contribution is -2.30. The van der Waals surface area contributed by atoms with Crippen LogP contribution in [-0.4, -0.2) is 37.2 Å². The Morgan fingerprint density at radius 2 is 0.580 bits per heavy atom. The van der Waals surface area contributed by atoms with Crippen LogP contribution >= 0.6 is 0 Å². The van der Waals surface area contributed by atoms with E-state index in [0.717, 1.165) is 103 Å². The van der Waals surface area contributed by atoms with Crippen LogP contribution in [0.3, 0.4) is 0 Å². The average molecular weight is 953 g/mol. The number of ether oxygens (including phenoxy) is 3. The van der Waals surface area contributed by atoms with Gasteiger partial charge in [0, 0.05) is 19.3 Å². The summed E-state index contributed by atoms with van der Waals surface area (Å²) in [4.78, 5) is 38.1. The summed E-state index contributed by atoms with van der Waals surface area (Å²) in [6, 6.07) is 0. The summed E-state index contributed by atoms with van der Waals surface area (Å²) in [5, 5.41) is 0. The topological polar surface area (TPSA) is 78.9 Å². The highest BCUT2D eigenvalue weighted by Crippen LogP contribution is 2.11. The third-order valence-electron chi connectivity index (χ3n) is 11.1. The first-order valence-electron chi connectivity index (χ1n) is 27.7. The van der Waals surface area contributed by atoms with Crippen molar-refractivity contribution < 1.29 is 28.6 Å². The van der Waals surface area contributed by atoms with Crippen molar-refractivity contribution in [1.29, 1.82) is 0 Å². The van der Waals surface area contributed by atoms with E-state index in [-0.39, 0.29) is 44.0 Å². The zero-order valence-electron chi connectivity index (χ0n) is 44.3. The molecule has 0 amide bonds. The molecule has 0 N–H and O–H groups in total. The van der Waals surface area contributed by atoms with E-state index in [1.54, 1.807) is 0 Å². The molecule has 0 aromatic rings. The third-order valence-corrected chi connectivity index (χ3v) is 11.1. The molecule has 1 atom stereocenters. The van der Waals surface area contributed by atoms with E-state index in [1.807, 2.05) is 0 Å². The molecule has 69 heavy (non-hydrogen) atoms. The van der Waals surface area contributed by atoms with Crippen LogP contribution in [0.5, 0.6) is 0 Å². The largest absolute Gasteiger partial charge is 0.462 e. The van der Waals surface area contributed by atoms with Crippen molar-refractivity contribution in [3.05, 3.63) is 134 Å². The summed E-state index contributed by atoms with van der Waals surface area (Å²) >= 11 is 0. The van der Waals surface area contributed by atoms with Crippen molar-refractivity contribution >= 4 is 17.9 Å². The first-order chi connectivity index (χ1) is 34.0. The molecule has 0 heterocycles. The predicted octanol–water partition coefficient (Wildman–Crippen LogP) is 18.6. The third kappa shape index (κ3) is 54.4. The minimum atomic E-state index is -0.842. The van der Waals surface area contributed by atoms with Gasteiger partial charge in [-0.2, -0.15) is 0 Å². The molecule has 0 aromatic heterocycles. The van der Waals surface area contributed by atoms with E-state index in [0.29, 0.717) is 19.3 Å². The standard InChI is InChI=1S/C63H100O6/c1-4-7-10-13-16-19-22-25-28-31-34-37-40-43-46-49-52-55-61(64)67-58-60(69-63(66)57-54-51-48-45-42-39-36-33-30-27-24-21-18-15-12-9-6-3)59-68-62(65)56-53-50-47-44-41-38-35-32-29-26-23-20-17-14-11-8-5-2/h7,10,16-17,19-20,25-30,34-39,44-45,47-48,60H,4-6,8-9,11-15,18,21-24,31-33,40-43,46,49-59H2,1-3H3/b10-7-,19-16-,20-17-,28-25-,29-26-,30-27-,37-34-,38-35-,39-36-,47-44-,48-45-/t60-/m1/s1. The van der Waals surface area contributed by atoms with Crippen LogP contribution in [0.4, 0.5) is 0 Å². The fourth-order valence-electron chi connectivity index (χ4n) is 6.97. The molecule has 388 valence electrons. The monoisotopic (exact) mass is 953 g/mol. The SMILES string of the molecule is CC/C=C\C/C=C\C/C=C\C/C=C\CCCCCCC(=O)OC[C@H](COC(=O)CCC/C=C\C/C=C\C/C=C\C/C=C\CCCCC)OC(=O)CCC/C=C\C/C=C\C/C=C\CCCCCCCC. The molecule has 0 aliphatic heterocycles. The lowest BCUT2D eigenvalue weighted by atomic mass is 10.1. The second kappa shape index (κ2) is 56.1. The first kappa shape index (κ1) is 64.5. The van der Waals surface area contributed by atoms with Crippen LogP contribution < -0.4 is 0 Å². The number of carbonyl (C=O) groups excluding carboxylic acids is 3. The van der Waals surface area contributed by atoms with Crippen LogP contribution in [0.25, 0.3) is 0 Å². The molecule has 0 bridgehead atoms. The highest BCUT2D eigenvalue weighted by molar-refractivity contribution is 5.71. The minimum absolute atomic E-state index is 0.133. The Morgan fingerprint density at radius 1 is 0.304 bits per heavy atom. The van der Waals surface area contributed by atoms with Gasteiger partial charge in [0.2, 0.25) is 0 Å². The van der Waals surface area contributed by atoms with Crippen LogP contribution in [0.1, 0.15) is 226 Å². The summed E-state index contributed by atoms with van der Waals surface area (Å²) in [5.41, 5.74) is 0. The summed E-state index contributed by atoms with van der Waals surface area (Å²) in [7, 11) is 0. The number of rotatable bonds is 48.